The molecule has 2 aliphatic rings. The highest BCUT2D eigenvalue weighted by Crippen LogP contribution is 2.36. The Morgan fingerprint density at radius 1 is 0.921 bits per heavy atom. The summed E-state index contributed by atoms with van der Waals surface area (Å²) < 4.78 is 39.5. The van der Waals surface area contributed by atoms with Crippen molar-refractivity contribution < 1.29 is 17.9 Å². The van der Waals surface area contributed by atoms with Gasteiger partial charge in [0, 0.05) is 36.9 Å². The zero-order valence-corrected chi connectivity index (χ0v) is 22.5. The zero-order valence-electron chi connectivity index (χ0n) is 21.7. The number of fused-ring (bicyclic) bond motifs is 1. The maximum atomic E-state index is 13.4. The van der Waals surface area contributed by atoms with Gasteiger partial charge in [-0.1, -0.05) is 29.8 Å². The third-order valence-corrected chi connectivity index (χ3v) is 9.30. The summed E-state index contributed by atoms with van der Waals surface area (Å²) in [4.78, 5) is 0.224. The van der Waals surface area contributed by atoms with Crippen LogP contribution in [0, 0.1) is 13.8 Å². The quantitative estimate of drug-likeness (QED) is 0.404. The van der Waals surface area contributed by atoms with E-state index in [-0.39, 0.29) is 10.9 Å². The number of nitrogens with one attached hydrogen (secondary N) is 1. The molecule has 0 bridgehead atoms. The molecule has 8 nitrogen and oxygen atoms in total. The molecule has 0 amide bonds. The number of morpholine rings is 1. The summed E-state index contributed by atoms with van der Waals surface area (Å²) in [5.74, 6) is 0.452. The van der Waals surface area contributed by atoms with Gasteiger partial charge in [-0.25, -0.2) is 12.4 Å². The van der Waals surface area contributed by atoms with E-state index in [2.05, 4.69) is 33.7 Å². The van der Waals surface area contributed by atoms with Crippen LogP contribution in [0.2, 0.25) is 0 Å². The summed E-state index contributed by atoms with van der Waals surface area (Å²) in [5.41, 5.74) is 6.38. The fraction of sp³-hybridized carbons (Fsp3) is 0.379. The van der Waals surface area contributed by atoms with E-state index in [9.17, 15) is 8.42 Å². The van der Waals surface area contributed by atoms with Gasteiger partial charge in [0.25, 0.3) is 10.0 Å². The monoisotopic (exact) mass is 532 g/mol. The van der Waals surface area contributed by atoms with E-state index in [0.717, 1.165) is 54.7 Å². The number of hydrogen-bond acceptors (Lipinski definition) is 7. The molecule has 4 heterocycles. The molecule has 2 aromatic heterocycles. The van der Waals surface area contributed by atoms with Crippen LogP contribution < -0.4 is 5.32 Å². The second-order valence-electron chi connectivity index (χ2n) is 10.2. The van der Waals surface area contributed by atoms with Crippen molar-refractivity contribution in [3.05, 3.63) is 77.0 Å². The van der Waals surface area contributed by atoms with Crippen LogP contribution in [0.3, 0.4) is 0 Å². The maximum absolute atomic E-state index is 13.4. The molecule has 2 fully saturated rings. The number of nitrogens with zero attached hydrogens (tertiary/aromatic N) is 3. The second-order valence-corrected chi connectivity index (χ2v) is 12.0. The van der Waals surface area contributed by atoms with Crippen molar-refractivity contribution in [2.45, 2.75) is 43.5 Å². The Kier molecular flexibility index (Phi) is 6.77. The molecule has 2 aromatic carbocycles. The highest BCUT2D eigenvalue weighted by molar-refractivity contribution is 7.90. The van der Waals surface area contributed by atoms with Crippen LogP contribution in [0.25, 0.3) is 22.3 Å². The first-order valence-electron chi connectivity index (χ1n) is 13.1. The molecule has 0 spiro atoms. The van der Waals surface area contributed by atoms with Gasteiger partial charge in [-0.3, -0.25) is 0 Å². The minimum atomic E-state index is -3.80. The average Bonchev–Trinajstić information content (AvgIpc) is 3.30. The molecule has 0 aliphatic carbocycles. The van der Waals surface area contributed by atoms with E-state index in [1.54, 1.807) is 30.5 Å². The maximum Gasteiger partial charge on any atom is 0.269 e. The molecule has 2 aliphatic heterocycles. The molecule has 1 unspecified atom stereocenters. The lowest BCUT2D eigenvalue weighted by Crippen LogP contribution is -2.35. The van der Waals surface area contributed by atoms with Gasteiger partial charge in [0.15, 0.2) is 5.65 Å². The third kappa shape index (κ3) is 4.64. The Balaban J connectivity index is 1.40. The molecule has 9 heteroatoms. The number of aryl methyl sites for hydroxylation is 2. The van der Waals surface area contributed by atoms with E-state index in [0.29, 0.717) is 30.5 Å². The molecule has 1 N–H and O–H groups in total. The lowest BCUT2D eigenvalue weighted by atomic mass is 9.84. The molecule has 0 saturated carbocycles. The summed E-state index contributed by atoms with van der Waals surface area (Å²) >= 11 is 0. The van der Waals surface area contributed by atoms with Crippen molar-refractivity contribution in [2.75, 3.05) is 33.0 Å². The second kappa shape index (κ2) is 10.2. The van der Waals surface area contributed by atoms with E-state index in [1.807, 2.05) is 19.9 Å². The summed E-state index contributed by atoms with van der Waals surface area (Å²) in [7, 11) is -3.80. The summed E-state index contributed by atoms with van der Waals surface area (Å²) in [5, 5.41) is 13.3. The van der Waals surface area contributed by atoms with Crippen LogP contribution in [-0.2, 0) is 19.5 Å². The molecule has 1 atom stereocenters. The Bertz CT molecular complexity index is 1570. The van der Waals surface area contributed by atoms with Gasteiger partial charge in [-0.05, 0) is 73.6 Å². The molecular formula is C29H32N4O4S. The molecule has 38 heavy (non-hydrogen) atoms. The van der Waals surface area contributed by atoms with Gasteiger partial charge < -0.3 is 14.8 Å². The van der Waals surface area contributed by atoms with E-state index in [1.165, 1.54) is 15.1 Å². The molecule has 198 valence electrons. The summed E-state index contributed by atoms with van der Waals surface area (Å²) in [6.07, 6.45) is 3.64. The minimum Gasteiger partial charge on any atom is -0.381 e. The van der Waals surface area contributed by atoms with Gasteiger partial charge in [-0.2, -0.15) is 0 Å². The van der Waals surface area contributed by atoms with Crippen molar-refractivity contribution in [3.8, 4) is 11.3 Å². The van der Waals surface area contributed by atoms with Crippen LogP contribution in [-0.4, -0.2) is 55.6 Å². The topological polar surface area (TPSA) is 95.3 Å². The third-order valence-electron chi connectivity index (χ3n) is 7.64. The largest absolute Gasteiger partial charge is 0.381 e. The van der Waals surface area contributed by atoms with Crippen LogP contribution >= 0.6 is 0 Å². The van der Waals surface area contributed by atoms with Gasteiger partial charge in [0.1, 0.15) is 0 Å². The first-order chi connectivity index (χ1) is 18.4. The van der Waals surface area contributed by atoms with Gasteiger partial charge in [0.05, 0.1) is 29.8 Å². The smallest absolute Gasteiger partial charge is 0.269 e. The highest BCUT2D eigenvalue weighted by Gasteiger charge is 2.26. The number of aromatic nitrogens is 3. The fourth-order valence-electron chi connectivity index (χ4n) is 5.47. The first-order valence-corrected chi connectivity index (χ1v) is 14.6. The van der Waals surface area contributed by atoms with Crippen LogP contribution in [0.1, 0.15) is 47.1 Å². The fourth-order valence-corrected chi connectivity index (χ4v) is 6.84. The molecule has 0 radical (unpaired) electrons. The standard InChI is InChI=1S/C29H32N4O4S/c1-19-3-6-23(7-4-19)38(34,35)33-17-20(2)25-16-27(31-32-29(25)33)22-5-8-24(21-9-12-36-13-10-21)26(15-22)28-18-37-14-11-30-28/h3-8,15-17,21,28,30H,9-14,18H2,1-2H3. The molecule has 2 saturated heterocycles. The number of benzene rings is 2. The Labute approximate surface area is 223 Å². The lowest BCUT2D eigenvalue weighted by Gasteiger charge is -2.30. The zero-order chi connectivity index (χ0) is 26.3. The Morgan fingerprint density at radius 2 is 1.71 bits per heavy atom. The van der Waals surface area contributed by atoms with Crippen LogP contribution in [0.4, 0.5) is 0 Å². The van der Waals surface area contributed by atoms with Crippen LogP contribution in [0.5, 0.6) is 0 Å². The number of hydrogen-bond donors (Lipinski definition) is 1. The van der Waals surface area contributed by atoms with Gasteiger partial charge in [0.2, 0.25) is 0 Å². The summed E-state index contributed by atoms with van der Waals surface area (Å²) in [6, 6.07) is 15.4. The molecular weight excluding hydrogens is 500 g/mol. The lowest BCUT2D eigenvalue weighted by molar-refractivity contribution is 0.0740. The predicted molar refractivity (Wildman–Crippen MR) is 146 cm³/mol. The molecule has 4 aromatic rings. The van der Waals surface area contributed by atoms with Crippen molar-refractivity contribution in [3.63, 3.8) is 0 Å². The Morgan fingerprint density at radius 3 is 2.45 bits per heavy atom. The Hall–Kier alpha value is -3.11. The predicted octanol–water partition coefficient (Wildman–Crippen LogP) is 4.51. The van der Waals surface area contributed by atoms with E-state index >= 15 is 0 Å². The average molecular weight is 533 g/mol. The number of ether oxygens (including phenoxy) is 2. The summed E-state index contributed by atoms with van der Waals surface area (Å²) in [6.45, 7) is 7.55. The van der Waals surface area contributed by atoms with Gasteiger partial charge >= 0.3 is 0 Å². The van der Waals surface area contributed by atoms with Crippen molar-refractivity contribution in [1.29, 1.82) is 0 Å². The van der Waals surface area contributed by atoms with E-state index in [4.69, 9.17) is 9.47 Å². The number of rotatable bonds is 5. The highest BCUT2D eigenvalue weighted by atomic mass is 32.2. The van der Waals surface area contributed by atoms with Crippen molar-refractivity contribution >= 4 is 21.1 Å². The van der Waals surface area contributed by atoms with Crippen LogP contribution in [0.15, 0.2) is 59.6 Å². The van der Waals surface area contributed by atoms with Gasteiger partial charge in [-0.15, -0.1) is 10.2 Å². The molecule has 6 rings (SSSR count). The van der Waals surface area contributed by atoms with Crippen molar-refractivity contribution in [1.82, 2.24) is 19.5 Å². The minimum absolute atomic E-state index is 0.112. The van der Waals surface area contributed by atoms with Crippen molar-refractivity contribution in [2.24, 2.45) is 0 Å². The first kappa shape index (κ1) is 25.2. The normalized spacial score (nSPS) is 19.2. The SMILES string of the molecule is Cc1ccc(S(=O)(=O)n2cc(C)c3cc(-c4ccc(C5CCOCC5)c(C5COCCN5)c4)nnc32)cc1. The van der Waals surface area contributed by atoms with E-state index < -0.39 is 10.0 Å².